The van der Waals surface area contributed by atoms with E-state index in [2.05, 4.69) is 12.2 Å². The van der Waals surface area contributed by atoms with E-state index in [4.69, 9.17) is 0 Å². The van der Waals surface area contributed by atoms with Gasteiger partial charge in [-0.3, -0.25) is 9.59 Å². The van der Waals surface area contributed by atoms with Gasteiger partial charge in [0.1, 0.15) is 0 Å². The Kier molecular flexibility index (Phi) is 5.04. The summed E-state index contributed by atoms with van der Waals surface area (Å²) in [5.41, 5.74) is 0. The van der Waals surface area contributed by atoms with Crippen LogP contribution in [0, 0.1) is 23.7 Å². The third-order valence-corrected chi connectivity index (χ3v) is 6.09. The Morgan fingerprint density at radius 3 is 2.45 bits per heavy atom. The van der Waals surface area contributed by atoms with Gasteiger partial charge in [0.25, 0.3) is 0 Å². The minimum atomic E-state index is 0.109. The van der Waals surface area contributed by atoms with Gasteiger partial charge in [-0.2, -0.15) is 0 Å². The highest BCUT2D eigenvalue weighted by atomic mass is 16.2. The minimum Gasteiger partial charge on any atom is -0.356 e. The minimum absolute atomic E-state index is 0.109. The molecule has 3 atom stereocenters. The zero-order valence-corrected chi connectivity index (χ0v) is 13.9. The van der Waals surface area contributed by atoms with Crippen LogP contribution in [-0.4, -0.2) is 36.3 Å². The fourth-order valence-corrected chi connectivity index (χ4v) is 4.76. The lowest BCUT2D eigenvalue weighted by molar-refractivity contribution is -0.136. The van der Waals surface area contributed by atoms with Crippen molar-refractivity contribution in [2.75, 3.05) is 19.6 Å². The highest BCUT2D eigenvalue weighted by Crippen LogP contribution is 2.49. The van der Waals surface area contributed by atoms with E-state index in [-0.39, 0.29) is 11.8 Å². The standard InChI is InChI=1S/C18H30N2O2/c1-2-7-19-18(22)14-5-8-20(9-6-14)17(21)12-16-11-13-3-4-15(16)10-13/h13-16H,2-12H2,1H3,(H,19,22). The number of amides is 2. The molecule has 4 heteroatoms. The zero-order chi connectivity index (χ0) is 15.5. The third kappa shape index (κ3) is 3.47. The lowest BCUT2D eigenvalue weighted by Gasteiger charge is -2.33. The molecule has 124 valence electrons. The van der Waals surface area contributed by atoms with Crippen molar-refractivity contribution >= 4 is 11.8 Å². The van der Waals surface area contributed by atoms with Crippen LogP contribution in [0.5, 0.6) is 0 Å². The molecular formula is C18H30N2O2. The number of hydrogen-bond donors (Lipinski definition) is 1. The molecule has 3 rings (SSSR count). The third-order valence-electron chi connectivity index (χ3n) is 6.09. The van der Waals surface area contributed by atoms with E-state index in [1.807, 2.05) is 4.90 Å². The first-order valence-corrected chi connectivity index (χ1v) is 9.22. The molecule has 0 radical (unpaired) electrons. The van der Waals surface area contributed by atoms with E-state index in [9.17, 15) is 9.59 Å². The van der Waals surface area contributed by atoms with Crippen LogP contribution in [0.4, 0.5) is 0 Å². The van der Waals surface area contributed by atoms with Crippen molar-refractivity contribution in [3.63, 3.8) is 0 Å². The van der Waals surface area contributed by atoms with Crippen molar-refractivity contribution in [3.05, 3.63) is 0 Å². The van der Waals surface area contributed by atoms with Gasteiger partial charge in [0.15, 0.2) is 0 Å². The molecule has 2 bridgehead atoms. The second kappa shape index (κ2) is 7.01. The molecule has 0 aromatic heterocycles. The van der Waals surface area contributed by atoms with E-state index in [0.717, 1.165) is 57.2 Å². The fraction of sp³-hybridized carbons (Fsp3) is 0.889. The van der Waals surface area contributed by atoms with Crippen LogP contribution >= 0.6 is 0 Å². The summed E-state index contributed by atoms with van der Waals surface area (Å²) in [6, 6.07) is 0. The summed E-state index contributed by atoms with van der Waals surface area (Å²) in [6.45, 7) is 4.37. The van der Waals surface area contributed by atoms with Gasteiger partial charge in [-0.15, -0.1) is 0 Å². The van der Waals surface area contributed by atoms with Gasteiger partial charge in [0, 0.05) is 32.0 Å². The van der Waals surface area contributed by atoms with E-state index in [1.165, 1.54) is 25.7 Å². The summed E-state index contributed by atoms with van der Waals surface area (Å²) < 4.78 is 0. The van der Waals surface area contributed by atoms with E-state index >= 15 is 0 Å². The largest absolute Gasteiger partial charge is 0.356 e. The number of likely N-dealkylation sites (tertiary alicyclic amines) is 1. The maximum Gasteiger partial charge on any atom is 0.223 e. The molecule has 22 heavy (non-hydrogen) atoms. The maximum absolute atomic E-state index is 12.5. The lowest BCUT2D eigenvalue weighted by atomic mass is 9.85. The van der Waals surface area contributed by atoms with E-state index < -0.39 is 0 Å². The monoisotopic (exact) mass is 306 g/mol. The van der Waals surface area contributed by atoms with Crippen LogP contribution in [0.1, 0.15) is 58.3 Å². The predicted molar refractivity (Wildman–Crippen MR) is 86.2 cm³/mol. The van der Waals surface area contributed by atoms with Crippen molar-refractivity contribution in [2.24, 2.45) is 23.7 Å². The Labute approximate surface area is 134 Å². The summed E-state index contributed by atoms with van der Waals surface area (Å²) in [5, 5.41) is 2.98. The molecule has 0 aromatic rings. The molecule has 2 aliphatic carbocycles. The molecule has 1 N–H and O–H groups in total. The molecule has 1 heterocycles. The molecular weight excluding hydrogens is 276 g/mol. The highest BCUT2D eigenvalue weighted by Gasteiger charge is 2.41. The van der Waals surface area contributed by atoms with Crippen molar-refractivity contribution in [2.45, 2.75) is 58.3 Å². The Bertz CT molecular complexity index is 415. The summed E-state index contributed by atoms with van der Waals surface area (Å²) >= 11 is 0. The molecule has 0 aromatic carbocycles. The zero-order valence-electron chi connectivity index (χ0n) is 13.9. The molecule has 2 saturated carbocycles. The topological polar surface area (TPSA) is 49.4 Å². The number of nitrogens with zero attached hydrogens (tertiary/aromatic N) is 1. The average molecular weight is 306 g/mol. The highest BCUT2D eigenvalue weighted by molar-refractivity contribution is 5.80. The van der Waals surface area contributed by atoms with Gasteiger partial charge in [0.2, 0.25) is 11.8 Å². The predicted octanol–water partition coefficient (Wildman–Crippen LogP) is 2.58. The SMILES string of the molecule is CCCNC(=O)C1CCN(C(=O)CC2CC3CCC2C3)CC1. The average Bonchev–Trinajstić information content (AvgIpc) is 3.15. The van der Waals surface area contributed by atoms with Gasteiger partial charge in [-0.25, -0.2) is 0 Å². The van der Waals surface area contributed by atoms with Crippen molar-refractivity contribution < 1.29 is 9.59 Å². The van der Waals surface area contributed by atoms with Crippen LogP contribution in [0.3, 0.4) is 0 Å². The van der Waals surface area contributed by atoms with Crippen LogP contribution in [0.25, 0.3) is 0 Å². The molecule has 3 aliphatic rings. The molecule has 0 spiro atoms. The smallest absolute Gasteiger partial charge is 0.223 e. The molecule has 4 nitrogen and oxygen atoms in total. The summed E-state index contributed by atoms with van der Waals surface area (Å²) in [5.74, 6) is 3.02. The first-order chi connectivity index (χ1) is 10.7. The summed E-state index contributed by atoms with van der Waals surface area (Å²) in [7, 11) is 0. The number of carbonyl (C=O) groups excluding carboxylic acids is 2. The Morgan fingerprint density at radius 1 is 1.09 bits per heavy atom. The fourth-order valence-electron chi connectivity index (χ4n) is 4.76. The van der Waals surface area contributed by atoms with Crippen molar-refractivity contribution in [3.8, 4) is 0 Å². The number of fused-ring (bicyclic) bond motifs is 2. The Balaban J connectivity index is 1.41. The van der Waals surface area contributed by atoms with Gasteiger partial charge in [-0.05, 0) is 56.3 Å². The Hall–Kier alpha value is -1.06. The molecule has 1 aliphatic heterocycles. The lowest BCUT2D eigenvalue weighted by Crippen LogP contribution is -2.43. The summed E-state index contributed by atoms with van der Waals surface area (Å²) in [6.07, 6.45) is 8.80. The Morgan fingerprint density at radius 2 is 1.86 bits per heavy atom. The van der Waals surface area contributed by atoms with Crippen molar-refractivity contribution in [1.82, 2.24) is 10.2 Å². The number of rotatable bonds is 5. The molecule has 1 saturated heterocycles. The van der Waals surface area contributed by atoms with Gasteiger partial charge in [-0.1, -0.05) is 13.3 Å². The van der Waals surface area contributed by atoms with Gasteiger partial charge < -0.3 is 10.2 Å². The second-order valence-electron chi connectivity index (χ2n) is 7.59. The number of carbonyl (C=O) groups is 2. The number of piperidine rings is 1. The molecule has 2 amide bonds. The van der Waals surface area contributed by atoms with Gasteiger partial charge >= 0.3 is 0 Å². The maximum atomic E-state index is 12.5. The number of nitrogens with one attached hydrogen (secondary N) is 1. The van der Waals surface area contributed by atoms with Gasteiger partial charge in [0.05, 0.1) is 0 Å². The first kappa shape index (κ1) is 15.8. The summed E-state index contributed by atoms with van der Waals surface area (Å²) in [4.78, 5) is 26.5. The van der Waals surface area contributed by atoms with E-state index in [0.29, 0.717) is 11.8 Å². The van der Waals surface area contributed by atoms with Crippen LogP contribution in [0.15, 0.2) is 0 Å². The molecule has 3 fully saturated rings. The van der Waals surface area contributed by atoms with Crippen LogP contribution < -0.4 is 5.32 Å². The first-order valence-electron chi connectivity index (χ1n) is 9.22. The number of hydrogen-bond acceptors (Lipinski definition) is 2. The quantitative estimate of drug-likeness (QED) is 0.848. The van der Waals surface area contributed by atoms with Crippen LogP contribution in [-0.2, 0) is 9.59 Å². The molecule has 3 unspecified atom stereocenters. The van der Waals surface area contributed by atoms with Crippen molar-refractivity contribution in [1.29, 1.82) is 0 Å². The second-order valence-corrected chi connectivity index (χ2v) is 7.59. The normalized spacial score (nSPS) is 31.5. The van der Waals surface area contributed by atoms with Crippen LogP contribution in [0.2, 0.25) is 0 Å². The van der Waals surface area contributed by atoms with E-state index in [1.54, 1.807) is 0 Å².